The van der Waals surface area contributed by atoms with Crippen LogP contribution in [-0.4, -0.2) is 17.0 Å². The molecule has 108 valence electrons. The van der Waals surface area contributed by atoms with Gasteiger partial charge in [0.25, 0.3) is 0 Å². The number of rotatable bonds is 3. The number of aliphatic carboxylic acids is 1. The Morgan fingerprint density at radius 1 is 1.05 bits per heavy atom. The van der Waals surface area contributed by atoms with Crippen molar-refractivity contribution in [1.29, 1.82) is 0 Å². The second-order valence-electron chi connectivity index (χ2n) is 4.98. The fourth-order valence-electron chi connectivity index (χ4n) is 2.60. The molecule has 1 saturated carbocycles. The summed E-state index contributed by atoms with van der Waals surface area (Å²) in [6.45, 7) is 0. The first-order chi connectivity index (χ1) is 9.47. The first-order valence-electron chi connectivity index (χ1n) is 6.47. The van der Waals surface area contributed by atoms with Gasteiger partial charge < -0.3 is 10.4 Å². The SMILES string of the molecule is O=C(Nc1cc(Cl)cc(Cl)c1)C1CCCC[C@@H]1C(=O)O. The van der Waals surface area contributed by atoms with Gasteiger partial charge in [-0.1, -0.05) is 36.0 Å². The summed E-state index contributed by atoms with van der Waals surface area (Å²) < 4.78 is 0. The summed E-state index contributed by atoms with van der Waals surface area (Å²) in [6.07, 6.45) is 2.86. The third kappa shape index (κ3) is 3.64. The quantitative estimate of drug-likeness (QED) is 0.891. The summed E-state index contributed by atoms with van der Waals surface area (Å²) in [6, 6.07) is 4.74. The van der Waals surface area contributed by atoms with E-state index >= 15 is 0 Å². The average Bonchev–Trinajstić information content (AvgIpc) is 2.37. The average molecular weight is 316 g/mol. The molecule has 20 heavy (non-hydrogen) atoms. The first kappa shape index (κ1) is 15.1. The lowest BCUT2D eigenvalue weighted by molar-refractivity contribution is -0.147. The fraction of sp³-hybridized carbons (Fsp3) is 0.429. The van der Waals surface area contributed by atoms with Crippen LogP contribution in [0.1, 0.15) is 25.7 Å². The van der Waals surface area contributed by atoms with Crippen LogP contribution in [0.5, 0.6) is 0 Å². The summed E-state index contributed by atoms with van der Waals surface area (Å²) in [4.78, 5) is 23.5. The fourth-order valence-corrected chi connectivity index (χ4v) is 3.13. The first-order valence-corrected chi connectivity index (χ1v) is 7.22. The number of nitrogens with one attached hydrogen (secondary N) is 1. The van der Waals surface area contributed by atoms with Gasteiger partial charge in [-0.25, -0.2) is 0 Å². The maximum absolute atomic E-state index is 12.2. The van der Waals surface area contributed by atoms with Crippen molar-refractivity contribution in [1.82, 2.24) is 0 Å². The number of benzene rings is 1. The number of halogens is 2. The maximum atomic E-state index is 12.2. The number of carboxylic acids is 1. The largest absolute Gasteiger partial charge is 0.481 e. The molecule has 1 aliphatic carbocycles. The zero-order valence-electron chi connectivity index (χ0n) is 10.7. The molecular weight excluding hydrogens is 301 g/mol. The lowest BCUT2D eigenvalue weighted by atomic mass is 9.78. The van der Waals surface area contributed by atoms with E-state index in [4.69, 9.17) is 23.2 Å². The minimum Gasteiger partial charge on any atom is -0.481 e. The van der Waals surface area contributed by atoms with E-state index in [1.807, 2.05) is 0 Å². The molecule has 0 aliphatic heterocycles. The summed E-state index contributed by atoms with van der Waals surface area (Å²) >= 11 is 11.7. The van der Waals surface area contributed by atoms with Gasteiger partial charge in [0.1, 0.15) is 0 Å². The van der Waals surface area contributed by atoms with Crippen LogP contribution in [0, 0.1) is 11.8 Å². The van der Waals surface area contributed by atoms with Crippen LogP contribution in [0.25, 0.3) is 0 Å². The van der Waals surface area contributed by atoms with Crippen molar-refractivity contribution in [2.75, 3.05) is 5.32 Å². The Morgan fingerprint density at radius 2 is 1.60 bits per heavy atom. The van der Waals surface area contributed by atoms with E-state index in [1.54, 1.807) is 18.2 Å². The van der Waals surface area contributed by atoms with E-state index in [0.29, 0.717) is 28.6 Å². The molecular formula is C14H15Cl2NO3. The highest BCUT2D eigenvalue weighted by Gasteiger charge is 2.35. The molecule has 2 rings (SSSR count). The van der Waals surface area contributed by atoms with Crippen LogP contribution < -0.4 is 5.32 Å². The normalized spacial score (nSPS) is 22.3. The number of carboxylic acid groups (broad SMARTS) is 1. The van der Waals surface area contributed by atoms with Crippen LogP contribution in [0.3, 0.4) is 0 Å². The van der Waals surface area contributed by atoms with Crippen LogP contribution in [0.2, 0.25) is 10.0 Å². The minimum atomic E-state index is -0.908. The third-order valence-electron chi connectivity index (χ3n) is 3.55. The second kappa shape index (κ2) is 6.46. The van der Waals surface area contributed by atoms with Crippen molar-refractivity contribution in [3.63, 3.8) is 0 Å². The van der Waals surface area contributed by atoms with E-state index in [9.17, 15) is 14.7 Å². The lowest BCUT2D eigenvalue weighted by Gasteiger charge is -2.27. The van der Waals surface area contributed by atoms with Crippen molar-refractivity contribution in [3.05, 3.63) is 28.2 Å². The molecule has 0 saturated heterocycles. The summed E-state index contributed by atoms with van der Waals surface area (Å²) in [5.41, 5.74) is 0.488. The Balaban J connectivity index is 2.11. The van der Waals surface area contributed by atoms with Crippen molar-refractivity contribution < 1.29 is 14.7 Å². The van der Waals surface area contributed by atoms with Gasteiger partial charge in [0.2, 0.25) is 5.91 Å². The van der Waals surface area contributed by atoms with Gasteiger partial charge in [-0.05, 0) is 31.0 Å². The zero-order chi connectivity index (χ0) is 14.7. The Hall–Kier alpha value is -1.26. The number of amides is 1. The highest BCUT2D eigenvalue weighted by Crippen LogP contribution is 2.32. The number of carbonyl (C=O) groups is 2. The molecule has 2 atom stereocenters. The molecule has 0 radical (unpaired) electrons. The van der Waals surface area contributed by atoms with Crippen molar-refractivity contribution in [3.8, 4) is 0 Å². The molecule has 6 heteroatoms. The number of carbonyl (C=O) groups excluding carboxylic acids is 1. The van der Waals surface area contributed by atoms with Crippen molar-refractivity contribution >= 4 is 40.8 Å². The van der Waals surface area contributed by atoms with E-state index in [-0.39, 0.29) is 5.91 Å². The Labute approximate surface area is 127 Å². The smallest absolute Gasteiger partial charge is 0.307 e. The van der Waals surface area contributed by atoms with E-state index in [1.165, 1.54) is 0 Å². The van der Waals surface area contributed by atoms with Crippen LogP contribution in [0.4, 0.5) is 5.69 Å². The maximum Gasteiger partial charge on any atom is 0.307 e. The molecule has 1 aromatic rings. The van der Waals surface area contributed by atoms with Crippen molar-refractivity contribution in [2.24, 2.45) is 11.8 Å². The molecule has 0 aromatic heterocycles. The molecule has 2 N–H and O–H groups in total. The third-order valence-corrected chi connectivity index (χ3v) is 3.99. The van der Waals surface area contributed by atoms with Gasteiger partial charge in [-0.3, -0.25) is 9.59 Å². The monoisotopic (exact) mass is 315 g/mol. The molecule has 0 bridgehead atoms. The van der Waals surface area contributed by atoms with Gasteiger partial charge in [-0.15, -0.1) is 0 Å². The number of anilines is 1. The Kier molecular flexibility index (Phi) is 4.89. The van der Waals surface area contributed by atoms with Gasteiger partial charge >= 0.3 is 5.97 Å². The Bertz CT molecular complexity index is 513. The lowest BCUT2D eigenvalue weighted by Crippen LogP contribution is -2.36. The minimum absolute atomic E-state index is 0.282. The number of hydrogen-bond acceptors (Lipinski definition) is 2. The predicted molar refractivity (Wildman–Crippen MR) is 78.2 cm³/mol. The van der Waals surface area contributed by atoms with Crippen LogP contribution in [-0.2, 0) is 9.59 Å². The molecule has 1 aliphatic rings. The standard InChI is InChI=1S/C14H15Cl2NO3/c15-8-5-9(16)7-10(6-8)17-13(18)11-3-1-2-4-12(11)14(19)20/h5-7,11-12H,1-4H2,(H,17,18)(H,19,20)/t11?,12-/m0/s1. The molecule has 4 nitrogen and oxygen atoms in total. The summed E-state index contributed by atoms with van der Waals surface area (Å²) in [5.74, 6) is -2.30. The zero-order valence-corrected chi connectivity index (χ0v) is 12.2. The molecule has 0 heterocycles. The van der Waals surface area contributed by atoms with E-state index in [0.717, 1.165) is 12.8 Å². The molecule has 1 aromatic carbocycles. The van der Waals surface area contributed by atoms with E-state index in [2.05, 4.69) is 5.32 Å². The second-order valence-corrected chi connectivity index (χ2v) is 5.86. The van der Waals surface area contributed by atoms with Gasteiger partial charge in [0.05, 0.1) is 11.8 Å². The van der Waals surface area contributed by atoms with Crippen LogP contribution in [0.15, 0.2) is 18.2 Å². The molecule has 1 fully saturated rings. The summed E-state index contributed by atoms with van der Waals surface area (Å²) in [7, 11) is 0. The Morgan fingerprint density at radius 3 is 2.15 bits per heavy atom. The van der Waals surface area contributed by atoms with Crippen molar-refractivity contribution in [2.45, 2.75) is 25.7 Å². The molecule has 0 spiro atoms. The summed E-state index contributed by atoms with van der Waals surface area (Å²) in [5, 5.41) is 12.7. The predicted octanol–water partition coefficient (Wildman–Crippen LogP) is 3.82. The van der Waals surface area contributed by atoms with Gasteiger partial charge in [-0.2, -0.15) is 0 Å². The highest BCUT2D eigenvalue weighted by molar-refractivity contribution is 6.35. The highest BCUT2D eigenvalue weighted by atomic mass is 35.5. The van der Waals surface area contributed by atoms with E-state index < -0.39 is 17.8 Å². The number of hydrogen-bond donors (Lipinski definition) is 2. The van der Waals surface area contributed by atoms with Crippen LogP contribution >= 0.6 is 23.2 Å². The van der Waals surface area contributed by atoms with Gasteiger partial charge in [0.15, 0.2) is 0 Å². The molecule has 1 unspecified atom stereocenters. The topological polar surface area (TPSA) is 66.4 Å². The molecule has 1 amide bonds. The van der Waals surface area contributed by atoms with Gasteiger partial charge in [0, 0.05) is 15.7 Å².